The maximum absolute atomic E-state index is 13.0. The van der Waals surface area contributed by atoms with Gasteiger partial charge in [0.25, 0.3) is 5.91 Å². The highest BCUT2D eigenvalue weighted by Crippen LogP contribution is 2.24. The molecular formula is C16H20FN5O2. The number of aliphatic hydroxyl groups is 1. The summed E-state index contributed by atoms with van der Waals surface area (Å²) in [5.41, 5.74) is -0.597. The average Bonchev–Trinajstić information content (AvgIpc) is 3.00. The number of β-amino-alcohol motifs (C(OH)–C–C–N with tert-alkyl or cyclic N) is 1. The number of piperidine rings is 1. The van der Waals surface area contributed by atoms with Gasteiger partial charge in [-0.15, -0.1) is 0 Å². The van der Waals surface area contributed by atoms with Crippen LogP contribution in [-0.4, -0.2) is 51.0 Å². The topological polar surface area (TPSA) is 83.3 Å². The number of carbonyl (C=O) groups excluding carboxylic acids is 1. The van der Waals surface area contributed by atoms with E-state index in [1.165, 1.54) is 12.3 Å². The summed E-state index contributed by atoms with van der Waals surface area (Å²) >= 11 is 0. The van der Waals surface area contributed by atoms with E-state index in [0.717, 1.165) is 19.2 Å². The zero-order chi connectivity index (χ0) is 17.2. The van der Waals surface area contributed by atoms with Gasteiger partial charge in [0.15, 0.2) is 0 Å². The minimum Gasteiger partial charge on any atom is -0.386 e. The van der Waals surface area contributed by atoms with E-state index in [-0.39, 0.29) is 12.5 Å². The second-order valence-electron chi connectivity index (χ2n) is 6.17. The van der Waals surface area contributed by atoms with Crippen LogP contribution in [0.4, 0.5) is 10.2 Å². The number of hydrogen-bond donors (Lipinski definition) is 2. The first-order valence-electron chi connectivity index (χ1n) is 7.81. The summed E-state index contributed by atoms with van der Waals surface area (Å²) in [6.45, 7) is 1.20. The predicted molar refractivity (Wildman–Crippen MR) is 86.1 cm³/mol. The van der Waals surface area contributed by atoms with Gasteiger partial charge in [-0.05, 0) is 25.0 Å². The number of anilines is 1. The molecule has 8 heteroatoms. The highest BCUT2D eigenvalue weighted by atomic mass is 19.1. The first-order chi connectivity index (χ1) is 11.5. The van der Waals surface area contributed by atoms with Crippen molar-refractivity contribution in [1.29, 1.82) is 0 Å². The van der Waals surface area contributed by atoms with Crippen molar-refractivity contribution in [2.24, 2.45) is 7.05 Å². The molecule has 3 rings (SSSR count). The van der Waals surface area contributed by atoms with Gasteiger partial charge >= 0.3 is 0 Å². The van der Waals surface area contributed by atoms with E-state index in [4.69, 9.17) is 0 Å². The Balaban J connectivity index is 1.62. The second-order valence-corrected chi connectivity index (χ2v) is 6.17. The lowest BCUT2D eigenvalue weighted by molar-refractivity contribution is 0.0254. The van der Waals surface area contributed by atoms with Gasteiger partial charge in [0, 0.05) is 32.9 Å². The normalized spacial score (nSPS) is 20.9. The van der Waals surface area contributed by atoms with Crippen molar-refractivity contribution >= 4 is 11.7 Å². The molecule has 1 amide bonds. The van der Waals surface area contributed by atoms with Crippen molar-refractivity contribution in [3.63, 3.8) is 0 Å². The summed E-state index contributed by atoms with van der Waals surface area (Å²) in [6, 6.07) is 2.94. The van der Waals surface area contributed by atoms with Crippen LogP contribution in [0, 0.1) is 5.82 Å². The Labute approximate surface area is 139 Å². The molecule has 1 aliphatic heterocycles. The largest absolute Gasteiger partial charge is 0.386 e. The van der Waals surface area contributed by atoms with Crippen molar-refractivity contribution < 1.29 is 14.3 Å². The number of amides is 1. The van der Waals surface area contributed by atoms with Crippen molar-refractivity contribution in [3.05, 3.63) is 42.1 Å². The van der Waals surface area contributed by atoms with E-state index in [1.807, 2.05) is 4.90 Å². The minimum atomic E-state index is -1.05. The third-order valence-corrected chi connectivity index (χ3v) is 4.14. The SMILES string of the molecule is Cn1cc(C(=O)NC[C@@]2(O)CCCN(c3ccc(F)cn3)C2)cn1. The first kappa shape index (κ1) is 16.4. The van der Waals surface area contributed by atoms with Crippen LogP contribution in [0.2, 0.25) is 0 Å². The van der Waals surface area contributed by atoms with E-state index in [9.17, 15) is 14.3 Å². The Hall–Kier alpha value is -2.48. The van der Waals surface area contributed by atoms with Crippen LogP contribution in [-0.2, 0) is 7.05 Å². The molecule has 2 aromatic heterocycles. The van der Waals surface area contributed by atoms with Crippen molar-refractivity contribution in [2.75, 3.05) is 24.5 Å². The van der Waals surface area contributed by atoms with Gasteiger partial charge in [0.1, 0.15) is 11.6 Å². The van der Waals surface area contributed by atoms with E-state index in [1.54, 1.807) is 24.0 Å². The third kappa shape index (κ3) is 3.70. The van der Waals surface area contributed by atoms with Crippen LogP contribution < -0.4 is 10.2 Å². The number of nitrogens with zero attached hydrogens (tertiary/aromatic N) is 4. The lowest BCUT2D eigenvalue weighted by Gasteiger charge is -2.39. The molecule has 0 aromatic carbocycles. The maximum Gasteiger partial charge on any atom is 0.254 e. The molecule has 3 heterocycles. The van der Waals surface area contributed by atoms with Crippen LogP contribution in [0.15, 0.2) is 30.7 Å². The van der Waals surface area contributed by atoms with Gasteiger partial charge in [-0.1, -0.05) is 0 Å². The van der Waals surface area contributed by atoms with E-state index in [0.29, 0.717) is 24.3 Å². The molecule has 0 radical (unpaired) electrons. The fraction of sp³-hybridized carbons (Fsp3) is 0.438. The monoisotopic (exact) mass is 333 g/mol. The fourth-order valence-electron chi connectivity index (χ4n) is 2.89. The fourth-order valence-corrected chi connectivity index (χ4v) is 2.89. The average molecular weight is 333 g/mol. The van der Waals surface area contributed by atoms with Crippen LogP contribution in [0.5, 0.6) is 0 Å². The summed E-state index contributed by atoms with van der Waals surface area (Å²) in [4.78, 5) is 18.0. The molecule has 0 saturated carbocycles. The van der Waals surface area contributed by atoms with Gasteiger partial charge in [-0.2, -0.15) is 5.10 Å². The molecule has 1 saturated heterocycles. The van der Waals surface area contributed by atoms with E-state index < -0.39 is 11.4 Å². The molecule has 2 N–H and O–H groups in total. The summed E-state index contributed by atoms with van der Waals surface area (Å²) < 4.78 is 14.5. The van der Waals surface area contributed by atoms with Crippen molar-refractivity contribution in [3.8, 4) is 0 Å². The Morgan fingerprint density at radius 1 is 1.46 bits per heavy atom. The highest BCUT2D eigenvalue weighted by Gasteiger charge is 2.34. The summed E-state index contributed by atoms with van der Waals surface area (Å²) in [5.74, 6) is -0.0450. The van der Waals surface area contributed by atoms with Gasteiger partial charge in [-0.25, -0.2) is 9.37 Å². The first-order valence-corrected chi connectivity index (χ1v) is 7.81. The van der Waals surface area contributed by atoms with Gasteiger partial charge in [0.05, 0.1) is 23.6 Å². The van der Waals surface area contributed by atoms with Gasteiger partial charge in [-0.3, -0.25) is 9.48 Å². The molecule has 0 unspecified atom stereocenters. The Bertz CT molecular complexity index is 718. The van der Waals surface area contributed by atoms with Crippen LogP contribution >= 0.6 is 0 Å². The quantitative estimate of drug-likeness (QED) is 0.861. The molecule has 2 aromatic rings. The molecule has 7 nitrogen and oxygen atoms in total. The molecule has 0 aliphatic carbocycles. The molecule has 1 fully saturated rings. The number of halogens is 1. The lowest BCUT2D eigenvalue weighted by atomic mass is 9.92. The summed E-state index contributed by atoms with van der Waals surface area (Å²) in [7, 11) is 1.74. The van der Waals surface area contributed by atoms with Gasteiger partial charge < -0.3 is 15.3 Å². The van der Waals surface area contributed by atoms with Crippen molar-refractivity contribution in [2.45, 2.75) is 18.4 Å². The van der Waals surface area contributed by atoms with Crippen LogP contribution in [0.3, 0.4) is 0 Å². The molecule has 24 heavy (non-hydrogen) atoms. The van der Waals surface area contributed by atoms with Crippen molar-refractivity contribution in [1.82, 2.24) is 20.1 Å². The number of hydrogen-bond acceptors (Lipinski definition) is 5. The number of nitrogens with one attached hydrogen (secondary N) is 1. The third-order valence-electron chi connectivity index (χ3n) is 4.14. The predicted octanol–water partition coefficient (Wildman–Crippen LogP) is 0.715. The molecule has 1 aliphatic rings. The van der Waals surface area contributed by atoms with Gasteiger partial charge in [0.2, 0.25) is 0 Å². The number of carbonyl (C=O) groups is 1. The van der Waals surface area contributed by atoms with E-state index >= 15 is 0 Å². The maximum atomic E-state index is 13.0. The Morgan fingerprint density at radius 2 is 2.29 bits per heavy atom. The lowest BCUT2D eigenvalue weighted by Crippen LogP contribution is -2.54. The summed E-state index contributed by atoms with van der Waals surface area (Å²) in [5, 5.41) is 17.5. The standard InChI is InChI=1S/C16H20FN5O2/c1-21-9-12(7-20-21)15(23)19-10-16(24)5-2-6-22(11-16)14-4-3-13(17)8-18-14/h3-4,7-9,24H,2,5-6,10-11H2,1H3,(H,19,23)/t16-/m0/s1. The number of aryl methyl sites for hydroxylation is 1. The van der Waals surface area contributed by atoms with Crippen LogP contribution in [0.25, 0.3) is 0 Å². The Morgan fingerprint density at radius 3 is 2.96 bits per heavy atom. The highest BCUT2D eigenvalue weighted by molar-refractivity contribution is 5.93. The van der Waals surface area contributed by atoms with Crippen LogP contribution in [0.1, 0.15) is 23.2 Å². The molecule has 1 atom stereocenters. The number of rotatable bonds is 4. The number of aromatic nitrogens is 3. The minimum absolute atomic E-state index is 0.137. The van der Waals surface area contributed by atoms with E-state index in [2.05, 4.69) is 15.4 Å². The molecular weight excluding hydrogens is 313 g/mol. The zero-order valence-electron chi connectivity index (χ0n) is 13.4. The molecule has 0 bridgehead atoms. The number of pyridine rings is 1. The zero-order valence-corrected chi connectivity index (χ0v) is 13.4. The molecule has 128 valence electrons. The molecule has 0 spiro atoms. The smallest absolute Gasteiger partial charge is 0.254 e. The summed E-state index contributed by atoms with van der Waals surface area (Å²) in [6.07, 6.45) is 5.60. The Kier molecular flexibility index (Phi) is 4.48. The second kappa shape index (κ2) is 6.56.